The van der Waals surface area contributed by atoms with Crippen molar-refractivity contribution in [3.63, 3.8) is 0 Å². The number of aryl methyl sites for hydroxylation is 1. The molecule has 1 aliphatic heterocycles. The van der Waals surface area contributed by atoms with Gasteiger partial charge in [0.05, 0.1) is 31.5 Å². The van der Waals surface area contributed by atoms with Gasteiger partial charge in [-0.1, -0.05) is 6.07 Å². The number of carbonyl (C=O) groups excluding carboxylic acids is 1. The second-order valence-corrected chi connectivity index (χ2v) is 6.67. The zero-order chi connectivity index (χ0) is 19.4. The van der Waals surface area contributed by atoms with Crippen LogP contribution in [0.2, 0.25) is 0 Å². The zero-order valence-electron chi connectivity index (χ0n) is 15.9. The van der Waals surface area contributed by atoms with Crippen LogP contribution >= 0.6 is 0 Å². The molecule has 0 saturated carbocycles. The minimum absolute atomic E-state index is 0.103. The molecule has 0 radical (unpaired) electrons. The maximum absolute atomic E-state index is 12.5. The molecule has 3 heterocycles. The van der Waals surface area contributed by atoms with E-state index in [1.54, 1.807) is 13.3 Å². The van der Waals surface area contributed by atoms with E-state index in [9.17, 15) is 9.90 Å². The molecule has 0 spiro atoms. The van der Waals surface area contributed by atoms with Crippen molar-refractivity contribution in [1.82, 2.24) is 9.97 Å². The van der Waals surface area contributed by atoms with Crippen molar-refractivity contribution in [3.05, 3.63) is 52.5 Å². The Labute approximate surface area is 158 Å². The summed E-state index contributed by atoms with van der Waals surface area (Å²) in [6.45, 7) is 0.270. The lowest BCUT2D eigenvalue weighted by Gasteiger charge is -2.15. The van der Waals surface area contributed by atoms with Gasteiger partial charge in [-0.3, -0.25) is 9.78 Å². The molecule has 7 nitrogen and oxygen atoms in total. The fourth-order valence-electron chi connectivity index (χ4n) is 3.31. The van der Waals surface area contributed by atoms with E-state index in [2.05, 4.69) is 15.0 Å². The van der Waals surface area contributed by atoms with Crippen LogP contribution in [-0.4, -0.2) is 48.0 Å². The van der Waals surface area contributed by atoms with Gasteiger partial charge in [-0.05, 0) is 29.7 Å². The van der Waals surface area contributed by atoms with Crippen molar-refractivity contribution in [2.24, 2.45) is 4.99 Å². The minimum Gasteiger partial charge on any atom is -0.481 e. The van der Waals surface area contributed by atoms with Crippen LogP contribution in [0.5, 0.6) is 0 Å². The third-order valence-electron chi connectivity index (χ3n) is 4.52. The van der Waals surface area contributed by atoms with Crippen LogP contribution in [-0.2, 0) is 35.5 Å². The van der Waals surface area contributed by atoms with Crippen LogP contribution in [0.25, 0.3) is 0 Å². The number of rotatable bonds is 7. The number of nitrogens with zero attached hydrogens (tertiary/aromatic N) is 4. The predicted molar refractivity (Wildman–Crippen MR) is 103 cm³/mol. The second-order valence-electron chi connectivity index (χ2n) is 6.67. The SMILES string of the molecule is COC1=NCc2cc(CC(=O)CCc3cccnc3N(C)C)nc(CO)c21. The summed E-state index contributed by atoms with van der Waals surface area (Å²) in [5, 5.41) is 9.64. The largest absolute Gasteiger partial charge is 0.481 e. The molecule has 1 N–H and O–H groups in total. The zero-order valence-corrected chi connectivity index (χ0v) is 15.9. The van der Waals surface area contributed by atoms with Crippen molar-refractivity contribution in [1.29, 1.82) is 0 Å². The predicted octanol–water partition coefficient (Wildman–Crippen LogP) is 1.69. The van der Waals surface area contributed by atoms with Gasteiger partial charge >= 0.3 is 0 Å². The van der Waals surface area contributed by atoms with Crippen molar-refractivity contribution < 1.29 is 14.6 Å². The van der Waals surface area contributed by atoms with Crippen molar-refractivity contribution in [2.45, 2.75) is 32.4 Å². The third-order valence-corrected chi connectivity index (χ3v) is 4.52. The molecular formula is C20H24N4O3. The molecule has 0 fully saturated rings. The van der Waals surface area contributed by atoms with Crippen LogP contribution in [0, 0.1) is 0 Å². The van der Waals surface area contributed by atoms with E-state index in [-0.39, 0.29) is 18.8 Å². The van der Waals surface area contributed by atoms with Gasteiger partial charge in [0, 0.05) is 38.8 Å². The van der Waals surface area contributed by atoms with Crippen LogP contribution < -0.4 is 4.90 Å². The molecule has 0 atom stereocenters. The third kappa shape index (κ3) is 4.14. The van der Waals surface area contributed by atoms with E-state index in [1.807, 2.05) is 37.2 Å². The van der Waals surface area contributed by atoms with E-state index in [0.29, 0.717) is 36.7 Å². The number of pyridine rings is 2. The Morgan fingerprint density at radius 2 is 2.19 bits per heavy atom. The number of anilines is 1. The average molecular weight is 368 g/mol. The first-order valence-corrected chi connectivity index (χ1v) is 8.87. The minimum atomic E-state index is -0.214. The number of ether oxygens (including phenoxy) is 1. The first-order chi connectivity index (χ1) is 13.0. The van der Waals surface area contributed by atoms with Gasteiger partial charge in [-0.15, -0.1) is 0 Å². The van der Waals surface area contributed by atoms with E-state index in [4.69, 9.17) is 4.74 Å². The van der Waals surface area contributed by atoms with Crippen molar-refractivity contribution in [2.75, 3.05) is 26.1 Å². The molecule has 142 valence electrons. The first kappa shape index (κ1) is 19.0. The lowest BCUT2D eigenvalue weighted by Crippen LogP contribution is -2.15. The number of fused-ring (bicyclic) bond motifs is 1. The Kier molecular flexibility index (Phi) is 5.81. The number of aliphatic hydroxyl groups is 1. The molecule has 27 heavy (non-hydrogen) atoms. The summed E-state index contributed by atoms with van der Waals surface area (Å²) in [6.07, 6.45) is 3.04. The van der Waals surface area contributed by atoms with Gasteiger partial charge in [-0.2, -0.15) is 0 Å². The second kappa shape index (κ2) is 8.26. The number of aliphatic hydroxyl groups excluding tert-OH is 1. The normalized spacial score (nSPS) is 12.5. The molecule has 0 aliphatic carbocycles. The maximum Gasteiger partial charge on any atom is 0.218 e. The summed E-state index contributed by atoms with van der Waals surface area (Å²) in [7, 11) is 5.43. The number of methoxy groups -OCH3 is 1. The topological polar surface area (TPSA) is 87.9 Å². The monoisotopic (exact) mass is 368 g/mol. The molecule has 0 amide bonds. The number of aromatic nitrogens is 2. The molecule has 2 aromatic rings. The molecular weight excluding hydrogens is 344 g/mol. The lowest BCUT2D eigenvalue weighted by atomic mass is 10.0. The maximum atomic E-state index is 12.5. The number of aliphatic imine (C=N–C) groups is 1. The molecule has 2 aromatic heterocycles. The number of Topliss-reactive ketones (excluding diaryl/α,β-unsaturated/α-hetero) is 1. The van der Waals surface area contributed by atoms with Gasteiger partial charge in [0.2, 0.25) is 5.90 Å². The summed E-state index contributed by atoms with van der Waals surface area (Å²) in [5.74, 6) is 1.48. The molecule has 0 saturated heterocycles. The van der Waals surface area contributed by atoms with Gasteiger partial charge < -0.3 is 14.7 Å². The van der Waals surface area contributed by atoms with Crippen LogP contribution in [0.15, 0.2) is 29.4 Å². The summed E-state index contributed by atoms with van der Waals surface area (Å²) >= 11 is 0. The average Bonchev–Trinajstić information content (AvgIpc) is 3.09. The lowest BCUT2D eigenvalue weighted by molar-refractivity contribution is -0.118. The molecule has 0 unspecified atom stereocenters. The van der Waals surface area contributed by atoms with Crippen LogP contribution in [0.3, 0.4) is 0 Å². The van der Waals surface area contributed by atoms with Crippen molar-refractivity contribution >= 4 is 17.5 Å². The standard InChI is InChI=1S/C20H24N4O3/c1-24(2)19-13(5-4-8-21-19)6-7-16(26)10-15-9-14-11-22-20(27-3)18(14)17(12-25)23-15/h4-5,8-9,25H,6-7,10-12H2,1-3H3. The van der Waals surface area contributed by atoms with E-state index in [1.165, 1.54) is 0 Å². The highest BCUT2D eigenvalue weighted by atomic mass is 16.5. The molecule has 1 aliphatic rings. The quantitative estimate of drug-likeness (QED) is 0.800. The Balaban J connectivity index is 1.69. The van der Waals surface area contributed by atoms with E-state index < -0.39 is 0 Å². The summed E-state index contributed by atoms with van der Waals surface area (Å²) in [5.41, 5.74) is 3.91. The first-order valence-electron chi connectivity index (χ1n) is 8.87. The summed E-state index contributed by atoms with van der Waals surface area (Å²) < 4.78 is 5.24. The Morgan fingerprint density at radius 1 is 1.37 bits per heavy atom. The highest BCUT2D eigenvalue weighted by Gasteiger charge is 2.23. The molecule has 0 aromatic carbocycles. The molecule has 7 heteroatoms. The highest BCUT2D eigenvalue weighted by Crippen LogP contribution is 2.24. The number of ketones is 1. The Morgan fingerprint density at radius 3 is 2.89 bits per heavy atom. The van der Waals surface area contributed by atoms with E-state index in [0.717, 1.165) is 22.5 Å². The summed E-state index contributed by atoms with van der Waals surface area (Å²) in [4.78, 5) is 27.6. The van der Waals surface area contributed by atoms with Gasteiger partial charge in [0.25, 0.3) is 0 Å². The summed E-state index contributed by atoms with van der Waals surface area (Å²) in [6, 6.07) is 5.77. The fourth-order valence-corrected chi connectivity index (χ4v) is 3.31. The van der Waals surface area contributed by atoms with Gasteiger partial charge in [0.1, 0.15) is 11.6 Å². The van der Waals surface area contributed by atoms with Crippen LogP contribution in [0.1, 0.15) is 34.5 Å². The highest BCUT2D eigenvalue weighted by molar-refractivity contribution is 5.98. The van der Waals surface area contributed by atoms with Gasteiger partial charge in [-0.25, -0.2) is 9.98 Å². The van der Waals surface area contributed by atoms with Gasteiger partial charge in [0.15, 0.2) is 0 Å². The van der Waals surface area contributed by atoms with Crippen molar-refractivity contribution in [3.8, 4) is 0 Å². The number of carbonyl (C=O) groups is 1. The number of hydrogen-bond acceptors (Lipinski definition) is 7. The molecule has 0 bridgehead atoms. The number of hydrogen-bond donors (Lipinski definition) is 1. The Hall–Kier alpha value is -2.80. The molecule has 3 rings (SSSR count). The van der Waals surface area contributed by atoms with Crippen LogP contribution in [0.4, 0.5) is 5.82 Å². The van der Waals surface area contributed by atoms with E-state index >= 15 is 0 Å². The fraction of sp³-hybridized carbons (Fsp3) is 0.400. The smallest absolute Gasteiger partial charge is 0.218 e. The Bertz CT molecular complexity index is 878.